The van der Waals surface area contributed by atoms with E-state index in [-0.39, 0.29) is 12.1 Å². The number of nitrogens with one attached hydrogen (secondary N) is 2. The molecule has 0 bridgehead atoms. The van der Waals surface area contributed by atoms with Gasteiger partial charge in [0.2, 0.25) is 0 Å². The molecule has 0 spiro atoms. The number of ether oxygens (including phenoxy) is 1. The Hall–Kier alpha value is -1.55. The molecule has 23 heavy (non-hydrogen) atoms. The Labute approximate surface area is 140 Å². The molecule has 1 aliphatic rings. The molecule has 1 aromatic carbocycles. The number of aryl methyl sites for hydroxylation is 1. The van der Waals surface area contributed by atoms with Gasteiger partial charge in [0.1, 0.15) is 5.60 Å². The van der Waals surface area contributed by atoms with E-state index in [1.807, 2.05) is 20.8 Å². The Kier molecular flexibility index (Phi) is 5.69. The zero-order chi connectivity index (χ0) is 17.0. The van der Waals surface area contributed by atoms with Crippen LogP contribution in [0.2, 0.25) is 0 Å². The lowest BCUT2D eigenvalue weighted by Crippen LogP contribution is -2.39. The normalized spacial score (nSPS) is 22.7. The van der Waals surface area contributed by atoms with Gasteiger partial charge >= 0.3 is 6.09 Å². The molecular weight excluding hydrogens is 288 g/mol. The van der Waals surface area contributed by atoms with Crippen LogP contribution in [0.15, 0.2) is 24.3 Å². The maximum Gasteiger partial charge on any atom is 0.407 e. The lowest BCUT2D eigenvalue weighted by Gasteiger charge is -2.22. The molecule has 2 unspecified atom stereocenters. The zero-order valence-corrected chi connectivity index (χ0v) is 15.0. The van der Waals surface area contributed by atoms with Crippen molar-refractivity contribution in [2.75, 3.05) is 0 Å². The molecule has 1 fully saturated rings. The second kappa shape index (κ2) is 7.35. The van der Waals surface area contributed by atoms with Crippen molar-refractivity contribution in [3.05, 3.63) is 35.4 Å². The number of rotatable bonds is 4. The van der Waals surface area contributed by atoms with E-state index in [0.717, 1.165) is 19.3 Å². The Bertz CT molecular complexity index is 536. The summed E-state index contributed by atoms with van der Waals surface area (Å²) in [6, 6.07) is 9.56. The minimum Gasteiger partial charge on any atom is -0.444 e. The molecule has 1 amide bonds. The number of hydrogen-bond donors (Lipinski definition) is 2. The second-order valence-electron chi connectivity index (χ2n) is 7.66. The van der Waals surface area contributed by atoms with Crippen LogP contribution < -0.4 is 10.6 Å². The lowest BCUT2D eigenvalue weighted by atomic mass is 10.0. The minimum absolute atomic E-state index is 0.201. The van der Waals surface area contributed by atoms with Crippen molar-refractivity contribution < 1.29 is 9.53 Å². The fourth-order valence-electron chi connectivity index (χ4n) is 3.13. The fourth-order valence-corrected chi connectivity index (χ4v) is 3.13. The molecule has 2 rings (SSSR count). The predicted molar refractivity (Wildman–Crippen MR) is 93.5 cm³/mol. The van der Waals surface area contributed by atoms with Crippen LogP contribution in [0.1, 0.15) is 64.1 Å². The first-order valence-corrected chi connectivity index (χ1v) is 8.55. The summed E-state index contributed by atoms with van der Waals surface area (Å²) in [4.78, 5) is 11.8. The van der Waals surface area contributed by atoms with Gasteiger partial charge in [0.15, 0.2) is 0 Å². The van der Waals surface area contributed by atoms with Gasteiger partial charge in [0.25, 0.3) is 0 Å². The van der Waals surface area contributed by atoms with Crippen molar-refractivity contribution >= 4 is 6.09 Å². The van der Waals surface area contributed by atoms with Gasteiger partial charge in [-0.15, -0.1) is 0 Å². The first-order chi connectivity index (χ1) is 10.7. The van der Waals surface area contributed by atoms with Crippen LogP contribution in [-0.4, -0.2) is 23.8 Å². The molecular formula is C19H30N2O2. The zero-order valence-electron chi connectivity index (χ0n) is 15.0. The molecule has 128 valence electrons. The number of hydrogen-bond acceptors (Lipinski definition) is 3. The quantitative estimate of drug-likeness (QED) is 0.879. The highest BCUT2D eigenvalue weighted by Gasteiger charge is 2.28. The minimum atomic E-state index is -0.444. The van der Waals surface area contributed by atoms with Gasteiger partial charge in [-0.05, 0) is 59.4 Å². The SMILES string of the molecule is Cc1cccc([C@H](C)NC2CCC(NC(=O)OC(C)(C)C)C2)c1. The van der Waals surface area contributed by atoms with Crippen molar-refractivity contribution in [1.29, 1.82) is 0 Å². The molecule has 0 aliphatic heterocycles. The lowest BCUT2D eigenvalue weighted by molar-refractivity contribution is 0.0505. The Balaban J connectivity index is 1.80. The summed E-state index contributed by atoms with van der Waals surface area (Å²) in [5.41, 5.74) is 2.15. The molecule has 4 heteroatoms. The van der Waals surface area contributed by atoms with E-state index in [4.69, 9.17) is 4.74 Å². The number of carbonyl (C=O) groups is 1. The molecule has 0 saturated heterocycles. The number of benzene rings is 1. The molecule has 4 nitrogen and oxygen atoms in total. The summed E-state index contributed by atoms with van der Waals surface area (Å²) in [5.74, 6) is 0. The first-order valence-electron chi connectivity index (χ1n) is 8.55. The van der Waals surface area contributed by atoms with Crippen molar-refractivity contribution in [3.8, 4) is 0 Å². The van der Waals surface area contributed by atoms with Gasteiger partial charge in [0.05, 0.1) is 0 Å². The van der Waals surface area contributed by atoms with Gasteiger partial charge in [-0.2, -0.15) is 0 Å². The molecule has 1 aromatic rings. The topological polar surface area (TPSA) is 50.4 Å². The van der Waals surface area contributed by atoms with Gasteiger partial charge in [-0.1, -0.05) is 29.8 Å². The smallest absolute Gasteiger partial charge is 0.407 e. The largest absolute Gasteiger partial charge is 0.444 e. The third kappa shape index (κ3) is 5.87. The van der Waals surface area contributed by atoms with Crippen molar-refractivity contribution in [1.82, 2.24) is 10.6 Å². The highest BCUT2D eigenvalue weighted by Crippen LogP contribution is 2.23. The number of amides is 1. The Morgan fingerprint density at radius 2 is 1.96 bits per heavy atom. The summed E-state index contributed by atoms with van der Waals surface area (Å²) < 4.78 is 5.33. The van der Waals surface area contributed by atoms with E-state index in [2.05, 4.69) is 48.7 Å². The maximum atomic E-state index is 11.8. The maximum absolute atomic E-state index is 11.8. The van der Waals surface area contributed by atoms with Gasteiger partial charge in [0, 0.05) is 18.1 Å². The summed E-state index contributed by atoms with van der Waals surface area (Å²) in [6.45, 7) is 9.97. The Morgan fingerprint density at radius 3 is 2.61 bits per heavy atom. The van der Waals surface area contributed by atoms with Crippen LogP contribution in [0.3, 0.4) is 0 Å². The third-order valence-electron chi connectivity index (χ3n) is 4.18. The highest BCUT2D eigenvalue weighted by molar-refractivity contribution is 5.68. The first kappa shape index (κ1) is 17.8. The van der Waals surface area contributed by atoms with E-state index in [1.54, 1.807) is 0 Å². The van der Waals surface area contributed by atoms with E-state index in [0.29, 0.717) is 12.1 Å². The average molecular weight is 318 g/mol. The third-order valence-corrected chi connectivity index (χ3v) is 4.18. The van der Waals surface area contributed by atoms with Crippen LogP contribution in [0.25, 0.3) is 0 Å². The van der Waals surface area contributed by atoms with Crippen molar-refractivity contribution in [2.45, 2.75) is 77.6 Å². The summed E-state index contributed by atoms with van der Waals surface area (Å²) >= 11 is 0. The number of carbonyl (C=O) groups excluding carboxylic acids is 1. The highest BCUT2D eigenvalue weighted by atomic mass is 16.6. The Morgan fingerprint density at radius 1 is 1.26 bits per heavy atom. The van der Waals surface area contributed by atoms with E-state index in [1.165, 1.54) is 11.1 Å². The summed E-state index contributed by atoms with van der Waals surface area (Å²) in [5, 5.41) is 6.67. The van der Waals surface area contributed by atoms with E-state index >= 15 is 0 Å². The molecule has 3 atom stereocenters. The standard InChI is InChI=1S/C19H30N2O2/c1-13-7-6-8-15(11-13)14(2)20-16-9-10-17(12-16)21-18(22)23-19(3,4)5/h6-8,11,14,16-17,20H,9-10,12H2,1-5H3,(H,21,22)/t14-,16?,17?/m0/s1. The monoisotopic (exact) mass is 318 g/mol. The molecule has 2 N–H and O–H groups in total. The summed E-state index contributed by atoms with van der Waals surface area (Å²) in [7, 11) is 0. The van der Waals surface area contributed by atoms with E-state index in [9.17, 15) is 4.79 Å². The van der Waals surface area contributed by atoms with Gasteiger partial charge in [-0.25, -0.2) is 4.79 Å². The van der Waals surface area contributed by atoms with Crippen LogP contribution in [0.4, 0.5) is 4.79 Å². The van der Waals surface area contributed by atoms with Crippen LogP contribution in [0, 0.1) is 6.92 Å². The predicted octanol–water partition coefficient (Wildman–Crippen LogP) is 4.09. The van der Waals surface area contributed by atoms with Crippen molar-refractivity contribution in [3.63, 3.8) is 0 Å². The number of alkyl carbamates (subject to hydrolysis) is 1. The van der Waals surface area contributed by atoms with Gasteiger partial charge in [-0.3, -0.25) is 0 Å². The van der Waals surface area contributed by atoms with Gasteiger partial charge < -0.3 is 15.4 Å². The molecule has 0 heterocycles. The molecule has 1 saturated carbocycles. The molecule has 0 aromatic heterocycles. The second-order valence-corrected chi connectivity index (χ2v) is 7.66. The van der Waals surface area contributed by atoms with Crippen LogP contribution >= 0.6 is 0 Å². The molecule has 1 aliphatic carbocycles. The average Bonchev–Trinajstić information content (AvgIpc) is 2.83. The molecule has 0 radical (unpaired) electrons. The fraction of sp³-hybridized carbons (Fsp3) is 0.632. The van der Waals surface area contributed by atoms with E-state index < -0.39 is 5.60 Å². The summed E-state index contributed by atoms with van der Waals surface area (Å²) in [6.07, 6.45) is 2.72. The van der Waals surface area contributed by atoms with Crippen LogP contribution in [-0.2, 0) is 4.74 Å². The van der Waals surface area contributed by atoms with Crippen molar-refractivity contribution in [2.24, 2.45) is 0 Å². The van der Waals surface area contributed by atoms with Crippen LogP contribution in [0.5, 0.6) is 0 Å².